The van der Waals surface area contributed by atoms with Crippen LogP contribution in [-0.2, 0) is 5.75 Å². The second-order valence-corrected chi connectivity index (χ2v) is 6.95. The number of nitrogen functional groups attached to an aromatic ring is 1. The Labute approximate surface area is 150 Å². The average Bonchev–Trinajstić information content (AvgIpc) is 3.00. The van der Waals surface area contributed by atoms with E-state index in [0.717, 1.165) is 17.0 Å². The van der Waals surface area contributed by atoms with Crippen LogP contribution in [0.3, 0.4) is 0 Å². The Bertz CT molecular complexity index is 807. The minimum atomic E-state index is 0.152. The highest BCUT2D eigenvalue weighted by Crippen LogP contribution is 2.34. The normalized spacial score (nSPS) is 12.2. The van der Waals surface area contributed by atoms with E-state index in [2.05, 4.69) is 22.3 Å². The number of halogens is 1. The Morgan fingerprint density at radius 1 is 1.21 bits per heavy atom. The van der Waals surface area contributed by atoms with Crippen LogP contribution >= 0.6 is 23.4 Å². The molecule has 124 valence electrons. The van der Waals surface area contributed by atoms with Crippen LogP contribution < -0.4 is 5.73 Å². The molecule has 2 aromatic carbocycles. The van der Waals surface area contributed by atoms with Crippen LogP contribution in [0.4, 0.5) is 5.69 Å². The average molecular weight is 360 g/mol. The highest BCUT2D eigenvalue weighted by Gasteiger charge is 2.18. The van der Waals surface area contributed by atoms with Crippen molar-refractivity contribution in [2.24, 2.45) is 0 Å². The Balaban J connectivity index is 1.81. The van der Waals surface area contributed by atoms with Gasteiger partial charge in [-0.3, -0.25) is 0 Å². The smallest absolute Gasteiger partial charge is 0.236 e. The van der Waals surface area contributed by atoms with Crippen LogP contribution in [0.1, 0.15) is 28.8 Å². The fourth-order valence-corrected chi connectivity index (χ4v) is 3.76. The van der Waals surface area contributed by atoms with Gasteiger partial charge in [0.25, 0.3) is 0 Å². The predicted molar refractivity (Wildman–Crippen MR) is 99.3 cm³/mol. The number of benzene rings is 2. The maximum absolute atomic E-state index is 6.21. The lowest BCUT2D eigenvalue weighted by Crippen LogP contribution is -2.08. The SMILES string of the molecule is Cc1noc(CSCC(c2ccccc2)c2cc(Cl)ccc2N)n1. The van der Waals surface area contributed by atoms with Crippen LogP contribution in [-0.4, -0.2) is 15.9 Å². The summed E-state index contributed by atoms with van der Waals surface area (Å²) in [6, 6.07) is 15.9. The third-order valence-electron chi connectivity index (χ3n) is 3.71. The molecule has 1 heterocycles. The van der Waals surface area contributed by atoms with E-state index < -0.39 is 0 Å². The maximum atomic E-state index is 6.21. The molecule has 4 nitrogen and oxygen atoms in total. The molecular weight excluding hydrogens is 342 g/mol. The molecule has 0 aliphatic heterocycles. The van der Waals surface area contributed by atoms with Crippen molar-refractivity contribution in [3.8, 4) is 0 Å². The van der Waals surface area contributed by atoms with Gasteiger partial charge in [0.2, 0.25) is 5.89 Å². The largest absolute Gasteiger partial charge is 0.398 e. The Kier molecular flexibility index (Phi) is 5.43. The predicted octanol–water partition coefficient (Wildman–Crippen LogP) is 4.68. The molecule has 6 heteroatoms. The maximum Gasteiger partial charge on any atom is 0.236 e. The summed E-state index contributed by atoms with van der Waals surface area (Å²) in [6.07, 6.45) is 0. The number of aromatic nitrogens is 2. The van der Waals surface area contributed by atoms with Gasteiger partial charge in [0.1, 0.15) is 0 Å². The third kappa shape index (κ3) is 4.10. The van der Waals surface area contributed by atoms with Crippen LogP contribution in [0.2, 0.25) is 5.02 Å². The second kappa shape index (κ2) is 7.73. The summed E-state index contributed by atoms with van der Waals surface area (Å²) in [5.41, 5.74) is 9.21. The van der Waals surface area contributed by atoms with Gasteiger partial charge in [0.05, 0.1) is 5.75 Å². The minimum absolute atomic E-state index is 0.152. The molecule has 0 radical (unpaired) electrons. The second-order valence-electron chi connectivity index (χ2n) is 5.49. The fraction of sp³-hybridized carbons (Fsp3) is 0.222. The summed E-state index contributed by atoms with van der Waals surface area (Å²) >= 11 is 7.92. The zero-order chi connectivity index (χ0) is 16.9. The molecule has 3 rings (SSSR count). The number of rotatable bonds is 6. The zero-order valence-electron chi connectivity index (χ0n) is 13.3. The summed E-state index contributed by atoms with van der Waals surface area (Å²) in [4.78, 5) is 4.24. The first-order chi connectivity index (χ1) is 11.6. The van der Waals surface area contributed by atoms with Crippen molar-refractivity contribution in [2.75, 3.05) is 11.5 Å². The number of hydrogen-bond donors (Lipinski definition) is 1. The van der Waals surface area contributed by atoms with E-state index >= 15 is 0 Å². The molecule has 0 bridgehead atoms. The van der Waals surface area contributed by atoms with Gasteiger partial charge in [-0.1, -0.05) is 47.1 Å². The van der Waals surface area contributed by atoms with Crippen LogP contribution in [0.5, 0.6) is 0 Å². The lowest BCUT2D eigenvalue weighted by atomic mass is 9.92. The molecule has 1 aromatic heterocycles. The molecule has 0 spiro atoms. The Hall–Kier alpha value is -1.98. The summed E-state index contributed by atoms with van der Waals surface area (Å²) in [5.74, 6) is 2.97. The summed E-state index contributed by atoms with van der Waals surface area (Å²) in [6.45, 7) is 1.82. The van der Waals surface area contributed by atoms with Gasteiger partial charge in [0.15, 0.2) is 5.82 Å². The van der Waals surface area contributed by atoms with Crippen LogP contribution in [0, 0.1) is 6.92 Å². The molecule has 24 heavy (non-hydrogen) atoms. The molecule has 1 unspecified atom stereocenters. The Morgan fingerprint density at radius 3 is 2.71 bits per heavy atom. The van der Waals surface area contributed by atoms with Crippen molar-refractivity contribution < 1.29 is 4.52 Å². The molecule has 0 aliphatic carbocycles. The van der Waals surface area contributed by atoms with Gasteiger partial charge in [-0.25, -0.2) is 0 Å². The summed E-state index contributed by atoms with van der Waals surface area (Å²) in [5, 5.41) is 4.51. The standard InChI is InChI=1S/C18H18ClN3OS/c1-12-21-18(23-22-12)11-24-10-16(13-5-3-2-4-6-13)15-9-14(19)7-8-17(15)20/h2-9,16H,10-11,20H2,1H3. The quantitative estimate of drug-likeness (QED) is 0.647. The van der Waals surface area contributed by atoms with E-state index in [0.29, 0.717) is 22.5 Å². The zero-order valence-corrected chi connectivity index (χ0v) is 14.8. The highest BCUT2D eigenvalue weighted by atomic mass is 35.5. The van der Waals surface area contributed by atoms with Crippen LogP contribution in [0.15, 0.2) is 53.1 Å². The third-order valence-corrected chi connectivity index (χ3v) is 4.96. The van der Waals surface area contributed by atoms with E-state index in [9.17, 15) is 0 Å². The first kappa shape index (κ1) is 16.9. The van der Waals surface area contributed by atoms with E-state index in [1.807, 2.05) is 43.3 Å². The van der Waals surface area contributed by atoms with Crippen molar-refractivity contribution in [3.63, 3.8) is 0 Å². The lowest BCUT2D eigenvalue weighted by Gasteiger charge is -2.19. The van der Waals surface area contributed by atoms with E-state index in [-0.39, 0.29) is 5.92 Å². The van der Waals surface area contributed by atoms with E-state index in [1.165, 1.54) is 5.56 Å². The van der Waals surface area contributed by atoms with Gasteiger partial charge in [-0.05, 0) is 36.2 Å². The van der Waals surface area contributed by atoms with Gasteiger partial charge in [-0.2, -0.15) is 16.7 Å². The first-order valence-corrected chi connectivity index (χ1v) is 9.13. The summed E-state index contributed by atoms with van der Waals surface area (Å²) < 4.78 is 5.17. The van der Waals surface area contributed by atoms with Crippen LogP contribution in [0.25, 0.3) is 0 Å². The van der Waals surface area contributed by atoms with Gasteiger partial charge < -0.3 is 10.3 Å². The number of nitrogens with zero attached hydrogens (tertiary/aromatic N) is 2. The van der Waals surface area contributed by atoms with Crippen molar-refractivity contribution in [2.45, 2.75) is 18.6 Å². The number of hydrogen-bond acceptors (Lipinski definition) is 5. The monoisotopic (exact) mass is 359 g/mol. The molecule has 2 N–H and O–H groups in total. The Morgan fingerprint density at radius 2 is 2.00 bits per heavy atom. The lowest BCUT2D eigenvalue weighted by molar-refractivity contribution is 0.387. The van der Waals surface area contributed by atoms with Crippen molar-refractivity contribution in [1.82, 2.24) is 10.1 Å². The summed E-state index contributed by atoms with van der Waals surface area (Å²) in [7, 11) is 0. The number of aryl methyl sites for hydroxylation is 1. The molecule has 0 saturated carbocycles. The van der Waals surface area contributed by atoms with Crippen molar-refractivity contribution in [3.05, 3.63) is 76.4 Å². The van der Waals surface area contributed by atoms with Gasteiger partial charge in [-0.15, -0.1) is 0 Å². The van der Waals surface area contributed by atoms with Gasteiger partial charge in [0, 0.05) is 22.4 Å². The molecule has 0 saturated heterocycles. The van der Waals surface area contributed by atoms with Gasteiger partial charge >= 0.3 is 0 Å². The van der Waals surface area contributed by atoms with Crippen molar-refractivity contribution in [1.29, 1.82) is 0 Å². The highest BCUT2D eigenvalue weighted by molar-refractivity contribution is 7.98. The molecule has 3 aromatic rings. The molecule has 0 fully saturated rings. The minimum Gasteiger partial charge on any atom is -0.398 e. The molecule has 1 atom stereocenters. The van der Waals surface area contributed by atoms with E-state index in [1.54, 1.807) is 11.8 Å². The molecule has 0 amide bonds. The number of anilines is 1. The number of nitrogens with two attached hydrogens (primary N) is 1. The van der Waals surface area contributed by atoms with Crippen molar-refractivity contribution >= 4 is 29.1 Å². The van der Waals surface area contributed by atoms with E-state index in [4.69, 9.17) is 21.9 Å². The number of thioether (sulfide) groups is 1. The molecule has 0 aliphatic rings. The fourth-order valence-electron chi connectivity index (χ4n) is 2.56. The first-order valence-electron chi connectivity index (χ1n) is 7.60. The topological polar surface area (TPSA) is 64.9 Å². The molecular formula is C18H18ClN3OS.